The molecule has 26 heavy (non-hydrogen) atoms. The van der Waals surface area contributed by atoms with E-state index in [1.807, 2.05) is 30.3 Å². The van der Waals surface area contributed by atoms with Crippen LogP contribution in [-0.4, -0.2) is 38.3 Å². The molecule has 0 unspecified atom stereocenters. The number of nitrogens with zero attached hydrogens (tertiary/aromatic N) is 1. The van der Waals surface area contributed by atoms with Crippen LogP contribution in [0.15, 0.2) is 48.5 Å². The summed E-state index contributed by atoms with van der Waals surface area (Å²) in [5.74, 6) is 0.571. The highest BCUT2D eigenvalue weighted by molar-refractivity contribution is 6.31. The van der Waals surface area contributed by atoms with E-state index in [9.17, 15) is 4.79 Å². The second kappa shape index (κ2) is 10.7. The molecule has 0 saturated carbocycles. The van der Waals surface area contributed by atoms with Gasteiger partial charge in [-0.05, 0) is 36.6 Å². The molecular weight excluding hydrogens is 352 g/mol. The van der Waals surface area contributed by atoms with Gasteiger partial charge in [0.05, 0.1) is 12.8 Å². The lowest BCUT2D eigenvalue weighted by atomic mass is 10.2. The second-order valence-electron chi connectivity index (χ2n) is 5.88. The Balaban J connectivity index is 2.09. The molecule has 0 atom stereocenters. The summed E-state index contributed by atoms with van der Waals surface area (Å²) in [5, 5.41) is 3.45. The number of benzene rings is 2. The van der Waals surface area contributed by atoms with Gasteiger partial charge in [-0.1, -0.05) is 41.9 Å². The number of hydrogen-bond acceptors (Lipinski definition) is 3. The lowest BCUT2D eigenvalue weighted by Gasteiger charge is -2.24. The van der Waals surface area contributed by atoms with Crippen molar-refractivity contribution in [3.8, 4) is 5.75 Å². The van der Waals surface area contributed by atoms with Crippen LogP contribution in [0.25, 0.3) is 0 Å². The fourth-order valence-electron chi connectivity index (χ4n) is 2.58. The molecule has 0 radical (unpaired) electrons. The van der Waals surface area contributed by atoms with Crippen molar-refractivity contribution < 1.29 is 14.3 Å². The molecule has 2 amide bonds. The van der Waals surface area contributed by atoms with E-state index >= 15 is 0 Å². The van der Waals surface area contributed by atoms with E-state index < -0.39 is 0 Å². The van der Waals surface area contributed by atoms with Gasteiger partial charge in [0.25, 0.3) is 0 Å². The molecule has 0 fully saturated rings. The molecule has 2 aromatic carbocycles. The first-order valence-corrected chi connectivity index (χ1v) is 8.94. The maximum atomic E-state index is 12.8. The predicted octanol–water partition coefficient (Wildman–Crippen LogP) is 4.81. The molecule has 0 saturated heterocycles. The fraction of sp³-hybridized carbons (Fsp3) is 0.350. The van der Waals surface area contributed by atoms with Crippen LogP contribution in [0, 0.1) is 0 Å². The van der Waals surface area contributed by atoms with Crippen molar-refractivity contribution >= 4 is 23.3 Å². The Morgan fingerprint density at radius 2 is 1.88 bits per heavy atom. The van der Waals surface area contributed by atoms with Crippen LogP contribution in [0.3, 0.4) is 0 Å². The first-order chi connectivity index (χ1) is 12.6. The van der Waals surface area contributed by atoms with Gasteiger partial charge >= 0.3 is 6.03 Å². The van der Waals surface area contributed by atoms with Crippen LogP contribution in [0.5, 0.6) is 5.75 Å². The topological polar surface area (TPSA) is 50.8 Å². The number of unbranched alkanes of at least 4 members (excludes halogenated alkanes) is 1. The zero-order valence-corrected chi connectivity index (χ0v) is 16.0. The summed E-state index contributed by atoms with van der Waals surface area (Å²) in [7, 11) is 3.24. The molecule has 0 bridgehead atoms. The van der Waals surface area contributed by atoms with E-state index in [2.05, 4.69) is 5.32 Å². The summed E-state index contributed by atoms with van der Waals surface area (Å²) in [6, 6.07) is 14.9. The zero-order chi connectivity index (χ0) is 18.8. The van der Waals surface area contributed by atoms with Crippen LogP contribution >= 0.6 is 11.6 Å². The highest BCUT2D eigenvalue weighted by Crippen LogP contribution is 2.28. The number of anilines is 1. The molecule has 5 nitrogen and oxygen atoms in total. The van der Waals surface area contributed by atoms with Crippen molar-refractivity contribution in [2.75, 3.05) is 32.7 Å². The van der Waals surface area contributed by atoms with Crippen LogP contribution in [0.1, 0.15) is 18.4 Å². The lowest BCUT2D eigenvalue weighted by Crippen LogP contribution is -2.35. The molecule has 0 aliphatic rings. The van der Waals surface area contributed by atoms with E-state index in [0.29, 0.717) is 36.2 Å². The highest BCUT2D eigenvalue weighted by atomic mass is 35.5. The minimum atomic E-state index is -0.188. The number of ether oxygens (including phenoxy) is 2. The summed E-state index contributed by atoms with van der Waals surface area (Å²) in [4.78, 5) is 14.6. The molecule has 2 aromatic rings. The van der Waals surface area contributed by atoms with Crippen LogP contribution in [-0.2, 0) is 11.3 Å². The Labute approximate surface area is 159 Å². The molecule has 0 aliphatic carbocycles. The van der Waals surface area contributed by atoms with Gasteiger partial charge in [0.1, 0.15) is 5.75 Å². The zero-order valence-electron chi connectivity index (χ0n) is 15.2. The average molecular weight is 377 g/mol. The van der Waals surface area contributed by atoms with Crippen LogP contribution in [0.4, 0.5) is 10.5 Å². The van der Waals surface area contributed by atoms with Gasteiger partial charge in [0, 0.05) is 31.8 Å². The van der Waals surface area contributed by atoms with Crippen LogP contribution in [0.2, 0.25) is 5.02 Å². The molecule has 0 heterocycles. The Hall–Kier alpha value is -2.24. The molecular formula is C20H25ClN2O3. The summed E-state index contributed by atoms with van der Waals surface area (Å²) in [5.41, 5.74) is 1.63. The minimum absolute atomic E-state index is 0.188. The Morgan fingerprint density at radius 3 is 2.58 bits per heavy atom. The molecule has 0 aliphatic heterocycles. The number of urea groups is 1. The predicted molar refractivity (Wildman–Crippen MR) is 105 cm³/mol. The molecule has 2 rings (SSSR count). The maximum absolute atomic E-state index is 12.8. The summed E-state index contributed by atoms with van der Waals surface area (Å²) in [6.45, 7) is 1.85. The van der Waals surface area contributed by atoms with Crippen molar-refractivity contribution in [1.29, 1.82) is 0 Å². The Kier molecular flexibility index (Phi) is 8.25. The number of rotatable bonds is 9. The summed E-state index contributed by atoms with van der Waals surface area (Å²) in [6.07, 6.45) is 1.76. The van der Waals surface area contributed by atoms with Crippen molar-refractivity contribution in [2.24, 2.45) is 0 Å². The third-order valence-corrected chi connectivity index (χ3v) is 4.17. The maximum Gasteiger partial charge on any atom is 0.322 e. The van der Waals surface area contributed by atoms with Gasteiger partial charge in [0.15, 0.2) is 0 Å². The highest BCUT2D eigenvalue weighted by Gasteiger charge is 2.16. The van der Waals surface area contributed by atoms with E-state index in [0.717, 1.165) is 18.4 Å². The van der Waals surface area contributed by atoms with Gasteiger partial charge < -0.3 is 19.7 Å². The average Bonchev–Trinajstić information content (AvgIpc) is 2.65. The van der Waals surface area contributed by atoms with E-state index in [4.69, 9.17) is 21.1 Å². The standard InChI is InChI=1S/C20H25ClN2O3/c1-25-13-7-6-12-23(15-16-8-4-3-5-9-16)20(24)22-18-14-17(21)10-11-19(18)26-2/h3-5,8-11,14H,6-7,12-13,15H2,1-2H3,(H,22,24). The molecule has 0 spiro atoms. The lowest BCUT2D eigenvalue weighted by molar-refractivity contribution is 0.182. The quantitative estimate of drug-likeness (QED) is 0.639. The van der Waals surface area contributed by atoms with Crippen molar-refractivity contribution in [1.82, 2.24) is 4.90 Å². The van der Waals surface area contributed by atoms with E-state index in [1.54, 1.807) is 37.3 Å². The van der Waals surface area contributed by atoms with E-state index in [1.165, 1.54) is 0 Å². The first-order valence-electron chi connectivity index (χ1n) is 8.56. The Morgan fingerprint density at radius 1 is 1.12 bits per heavy atom. The third-order valence-electron chi connectivity index (χ3n) is 3.93. The third kappa shape index (κ3) is 6.24. The minimum Gasteiger partial charge on any atom is -0.495 e. The fourth-order valence-corrected chi connectivity index (χ4v) is 2.75. The largest absolute Gasteiger partial charge is 0.495 e. The first kappa shape index (κ1) is 20.1. The number of methoxy groups -OCH3 is 2. The molecule has 6 heteroatoms. The number of carbonyl (C=O) groups is 1. The SMILES string of the molecule is COCCCCN(Cc1ccccc1)C(=O)Nc1cc(Cl)ccc1OC. The van der Waals surface area contributed by atoms with E-state index in [-0.39, 0.29) is 6.03 Å². The van der Waals surface area contributed by atoms with Gasteiger partial charge in [-0.2, -0.15) is 0 Å². The second-order valence-corrected chi connectivity index (χ2v) is 6.32. The number of carbonyl (C=O) groups excluding carboxylic acids is 1. The summed E-state index contributed by atoms with van der Waals surface area (Å²) < 4.78 is 10.4. The summed E-state index contributed by atoms with van der Waals surface area (Å²) >= 11 is 6.05. The van der Waals surface area contributed by atoms with Crippen molar-refractivity contribution in [3.05, 3.63) is 59.1 Å². The van der Waals surface area contributed by atoms with Gasteiger partial charge in [-0.15, -0.1) is 0 Å². The van der Waals surface area contributed by atoms with Crippen molar-refractivity contribution in [3.63, 3.8) is 0 Å². The van der Waals surface area contributed by atoms with Gasteiger partial charge in [0.2, 0.25) is 0 Å². The number of amides is 2. The number of hydrogen-bond donors (Lipinski definition) is 1. The van der Waals surface area contributed by atoms with Crippen LogP contribution < -0.4 is 10.1 Å². The smallest absolute Gasteiger partial charge is 0.322 e. The monoisotopic (exact) mass is 376 g/mol. The van der Waals surface area contributed by atoms with Crippen molar-refractivity contribution in [2.45, 2.75) is 19.4 Å². The number of nitrogens with one attached hydrogen (secondary N) is 1. The molecule has 0 aromatic heterocycles. The van der Waals surface area contributed by atoms with Gasteiger partial charge in [-0.3, -0.25) is 0 Å². The van der Waals surface area contributed by atoms with Gasteiger partial charge in [-0.25, -0.2) is 4.79 Å². The molecule has 1 N–H and O–H groups in total. The normalized spacial score (nSPS) is 10.4. The Bertz CT molecular complexity index is 695. The molecule has 140 valence electrons. The number of halogens is 1.